The molecule has 1 amide bonds. The van der Waals surface area contributed by atoms with Gasteiger partial charge in [0.2, 0.25) is 0 Å². The summed E-state index contributed by atoms with van der Waals surface area (Å²) in [6.45, 7) is 9.32. The minimum absolute atomic E-state index is 0.0722. The predicted molar refractivity (Wildman–Crippen MR) is 89.5 cm³/mol. The van der Waals surface area contributed by atoms with Crippen LogP contribution in [0.15, 0.2) is 36.4 Å². The van der Waals surface area contributed by atoms with Crippen molar-refractivity contribution in [3.63, 3.8) is 0 Å². The lowest BCUT2D eigenvalue weighted by Crippen LogP contribution is -2.47. The summed E-state index contributed by atoms with van der Waals surface area (Å²) in [6.07, 6.45) is 2.24. The number of carbonyl (C=O) groups excluding carboxylic acids is 1. The van der Waals surface area contributed by atoms with Crippen molar-refractivity contribution in [3.05, 3.63) is 42.0 Å². The molecule has 0 radical (unpaired) electrons. The zero-order valence-corrected chi connectivity index (χ0v) is 14.0. The first-order chi connectivity index (χ1) is 10.2. The highest BCUT2D eigenvalue weighted by Crippen LogP contribution is 2.13. The number of aliphatic hydroxyl groups excluding tert-OH is 1. The molecule has 2 N–H and O–H groups in total. The molecule has 22 heavy (non-hydrogen) atoms. The largest absolute Gasteiger partial charge is 0.444 e. The minimum Gasteiger partial charge on any atom is -0.444 e. The molecule has 0 saturated carbocycles. The van der Waals surface area contributed by atoms with Gasteiger partial charge in [-0.15, -0.1) is 0 Å². The fourth-order valence-electron chi connectivity index (χ4n) is 1.98. The molecule has 4 nitrogen and oxygen atoms in total. The Bertz CT molecular complexity index is 489. The zero-order chi connectivity index (χ0) is 16.8. The Hall–Kier alpha value is -1.81. The van der Waals surface area contributed by atoms with E-state index >= 15 is 0 Å². The van der Waals surface area contributed by atoms with Gasteiger partial charge in [0.15, 0.2) is 0 Å². The zero-order valence-electron chi connectivity index (χ0n) is 14.0. The summed E-state index contributed by atoms with van der Waals surface area (Å²) >= 11 is 0. The minimum atomic E-state index is -0.785. The van der Waals surface area contributed by atoms with Crippen molar-refractivity contribution in [3.8, 4) is 0 Å². The van der Waals surface area contributed by atoms with Gasteiger partial charge in [0.05, 0.1) is 12.1 Å². The van der Waals surface area contributed by atoms with E-state index in [4.69, 9.17) is 4.74 Å². The van der Waals surface area contributed by atoms with Crippen LogP contribution in [0.1, 0.15) is 40.2 Å². The molecule has 0 aliphatic carbocycles. The van der Waals surface area contributed by atoms with Gasteiger partial charge in [-0.1, -0.05) is 56.3 Å². The lowest BCUT2D eigenvalue weighted by atomic mass is 9.98. The van der Waals surface area contributed by atoms with Crippen molar-refractivity contribution < 1.29 is 14.6 Å². The first kappa shape index (κ1) is 18.2. The van der Waals surface area contributed by atoms with Gasteiger partial charge in [-0.25, -0.2) is 4.79 Å². The molecule has 1 rings (SSSR count). The maximum atomic E-state index is 11.9. The van der Waals surface area contributed by atoms with Crippen LogP contribution in [0.25, 0.3) is 6.08 Å². The number of nitrogens with one attached hydrogen (secondary N) is 1. The summed E-state index contributed by atoms with van der Waals surface area (Å²) in [5.41, 5.74) is 0.442. The maximum absolute atomic E-state index is 11.9. The Morgan fingerprint density at radius 3 is 2.32 bits per heavy atom. The van der Waals surface area contributed by atoms with E-state index < -0.39 is 23.8 Å². The van der Waals surface area contributed by atoms with Crippen molar-refractivity contribution in [2.45, 2.75) is 52.4 Å². The van der Waals surface area contributed by atoms with Gasteiger partial charge in [0, 0.05) is 0 Å². The number of carbonyl (C=O) groups is 1. The molecule has 0 aliphatic rings. The van der Waals surface area contributed by atoms with Gasteiger partial charge in [-0.2, -0.15) is 0 Å². The van der Waals surface area contributed by atoms with E-state index in [9.17, 15) is 9.90 Å². The van der Waals surface area contributed by atoms with Crippen LogP contribution in [-0.4, -0.2) is 28.9 Å². The van der Waals surface area contributed by atoms with Gasteiger partial charge >= 0.3 is 6.09 Å². The Kier molecular flexibility index (Phi) is 6.62. The third-order valence-electron chi connectivity index (χ3n) is 3.05. The van der Waals surface area contributed by atoms with Crippen LogP contribution in [0.3, 0.4) is 0 Å². The second-order valence-electron chi connectivity index (χ2n) is 6.68. The lowest BCUT2D eigenvalue weighted by molar-refractivity contribution is 0.0423. The van der Waals surface area contributed by atoms with Gasteiger partial charge in [-0.05, 0) is 32.3 Å². The summed E-state index contributed by atoms with van der Waals surface area (Å²) in [4.78, 5) is 11.9. The molecule has 1 aromatic rings. The number of hydrogen-bond donors (Lipinski definition) is 2. The van der Waals surface area contributed by atoms with Gasteiger partial charge in [0.1, 0.15) is 5.60 Å². The summed E-state index contributed by atoms with van der Waals surface area (Å²) < 4.78 is 5.25. The third kappa shape index (κ3) is 6.76. The molecular weight excluding hydrogens is 278 g/mol. The Balaban J connectivity index is 2.70. The third-order valence-corrected chi connectivity index (χ3v) is 3.05. The molecule has 1 aromatic carbocycles. The molecule has 0 saturated heterocycles. The Morgan fingerprint density at radius 1 is 1.23 bits per heavy atom. The highest BCUT2D eigenvalue weighted by molar-refractivity contribution is 5.68. The van der Waals surface area contributed by atoms with E-state index in [0.717, 1.165) is 5.56 Å². The van der Waals surface area contributed by atoms with E-state index in [1.54, 1.807) is 6.08 Å². The van der Waals surface area contributed by atoms with Crippen LogP contribution in [0.4, 0.5) is 4.79 Å². The Labute approximate surface area is 133 Å². The highest BCUT2D eigenvalue weighted by atomic mass is 16.6. The maximum Gasteiger partial charge on any atom is 0.407 e. The van der Waals surface area contributed by atoms with Crippen LogP contribution in [0.2, 0.25) is 0 Å². The number of aliphatic hydroxyl groups is 1. The number of hydrogen-bond acceptors (Lipinski definition) is 3. The fourth-order valence-corrected chi connectivity index (χ4v) is 1.98. The van der Waals surface area contributed by atoms with Crippen molar-refractivity contribution in [2.75, 3.05) is 0 Å². The van der Waals surface area contributed by atoms with Gasteiger partial charge in [0.25, 0.3) is 0 Å². The van der Waals surface area contributed by atoms with Crippen molar-refractivity contribution >= 4 is 12.2 Å². The van der Waals surface area contributed by atoms with Crippen LogP contribution in [-0.2, 0) is 4.74 Å². The highest BCUT2D eigenvalue weighted by Gasteiger charge is 2.25. The van der Waals surface area contributed by atoms with E-state index in [1.165, 1.54) is 0 Å². The molecule has 0 unspecified atom stereocenters. The average Bonchev–Trinajstić information content (AvgIpc) is 2.41. The molecule has 0 bridgehead atoms. The fraction of sp³-hybridized carbons (Fsp3) is 0.500. The summed E-state index contributed by atoms with van der Waals surface area (Å²) in [6, 6.07) is 9.31. The number of alkyl carbamates (subject to hydrolysis) is 1. The molecule has 0 fully saturated rings. The number of benzene rings is 1. The normalized spacial score (nSPS) is 14.9. The first-order valence-corrected chi connectivity index (χ1v) is 7.60. The summed E-state index contributed by atoms with van der Waals surface area (Å²) in [5.74, 6) is 0.0722. The molecule has 4 heteroatoms. The van der Waals surface area contributed by atoms with Crippen molar-refractivity contribution in [2.24, 2.45) is 5.92 Å². The molecule has 0 aromatic heterocycles. The van der Waals surface area contributed by atoms with Crippen LogP contribution in [0.5, 0.6) is 0 Å². The van der Waals surface area contributed by atoms with Crippen LogP contribution in [0, 0.1) is 5.92 Å². The molecule has 2 atom stereocenters. The molecular formula is C18H27NO3. The standard InChI is InChI=1S/C18H27NO3/c1-13(2)16(19-17(21)22-18(3,4)5)15(20)12-11-14-9-7-6-8-10-14/h6-13,15-16,20H,1-5H3,(H,19,21)/b12-11+/t15-,16-/m0/s1. The predicted octanol–water partition coefficient (Wildman–Crippen LogP) is 3.61. The van der Waals surface area contributed by atoms with Crippen LogP contribution < -0.4 is 5.32 Å². The van der Waals surface area contributed by atoms with Crippen molar-refractivity contribution in [1.82, 2.24) is 5.32 Å². The topological polar surface area (TPSA) is 58.6 Å². The summed E-state index contributed by atoms with van der Waals surface area (Å²) in [5, 5.41) is 13.1. The van der Waals surface area contributed by atoms with E-state index in [0.29, 0.717) is 0 Å². The monoisotopic (exact) mass is 305 g/mol. The second kappa shape index (κ2) is 7.99. The Morgan fingerprint density at radius 2 is 1.82 bits per heavy atom. The second-order valence-corrected chi connectivity index (χ2v) is 6.68. The molecule has 0 heterocycles. The summed E-state index contributed by atoms with van der Waals surface area (Å²) in [7, 11) is 0. The van der Waals surface area contributed by atoms with E-state index in [-0.39, 0.29) is 5.92 Å². The first-order valence-electron chi connectivity index (χ1n) is 7.60. The van der Waals surface area contributed by atoms with Crippen LogP contribution >= 0.6 is 0 Å². The SMILES string of the molecule is CC(C)[C@H](NC(=O)OC(C)(C)C)[C@@H](O)/C=C/c1ccccc1. The quantitative estimate of drug-likeness (QED) is 0.873. The number of ether oxygens (including phenoxy) is 1. The molecule has 0 spiro atoms. The van der Waals surface area contributed by atoms with Gasteiger partial charge in [-0.3, -0.25) is 0 Å². The van der Waals surface area contributed by atoms with Crippen molar-refractivity contribution in [1.29, 1.82) is 0 Å². The van der Waals surface area contributed by atoms with E-state index in [2.05, 4.69) is 5.32 Å². The van der Waals surface area contributed by atoms with E-state index in [1.807, 2.05) is 71.0 Å². The number of amides is 1. The molecule has 0 aliphatic heterocycles. The lowest BCUT2D eigenvalue weighted by Gasteiger charge is -2.27. The van der Waals surface area contributed by atoms with Gasteiger partial charge < -0.3 is 15.2 Å². The smallest absolute Gasteiger partial charge is 0.407 e. The number of rotatable bonds is 5. The average molecular weight is 305 g/mol. The molecule has 122 valence electrons.